The van der Waals surface area contributed by atoms with Gasteiger partial charge in [0.15, 0.2) is 0 Å². The van der Waals surface area contributed by atoms with Crippen molar-refractivity contribution in [1.29, 1.82) is 5.39 Å². The van der Waals surface area contributed by atoms with Crippen molar-refractivity contribution >= 4 is 5.97 Å². The lowest BCUT2D eigenvalue weighted by atomic mass is 9.89. The zero-order valence-electron chi connectivity index (χ0n) is 7.37. The molecule has 1 rings (SSSR count). The van der Waals surface area contributed by atoms with Gasteiger partial charge in [-0.05, 0) is 18.3 Å². The van der Waals surface area contributed by atoms with Crippen LogP contribution in [-0.4, -0.2) is 16.6 Å². The molecule has 1 N–H and O–H groups in total. The minimum absolute atomic E-state index is 0.0827. The maximum atomic E-state index is 10.7. The molecule has 0 aromatic carbocycles. The fourth-order valence-electron chi connectivity index (χ4n) is 1.37. The molecule has 0 aromatic heterocycles. The molecular weight excluding hydrogens is 156 g/mol. The van der Waals surface area contributed by atoms with Gasteiger partial charge in [0.1, 0.15) is 4.98 Å². The largest absolute Gasteiger partial charge is 0.475 e. The van der Waals surface area contributed by atoms with Gasteiger partial charge in [0.05, 0.1) is 6.42 Å². The maximum Gasteiger partial charge on any atom is 0.414 e. The number of nitrogens with zero attached hydrogens (tertiary/aromatic N) is 2. The molecule has 66 valence electrons. The fourth-order valence-corrected chi connectivity index (χ4v) is 1.37. The lowest BCUT2D eigenvalue weighted by Gasteiger charge is -2.09. The van der Waals surface area contributed by atoms with E-state index in [1.54, 1.807) is 0 Å². The van der Waals surface area contributed by atoms with E-state index in [1.807, 2.05) is 6.92 Å². The van der Waals surface area contributed by atoms with E-state index >= 15 is 0 Å². The third-order valence-corrected chi connectivity index (χ3v) is 2.56. The molecule has 12 heavy (non-hydrogen) atoms. The molecule has 0 bridgehead atoms. The van der Waals surface area contributed by atoms with Crippen LogP contribution in [0.5, 0.6) is 0 Å². The Hall–Kier alpha value is -1.11. The second-order valence-corrected chi connectivity index (χ2v) is 4.17. The Morgan fingerprint density at radius 2 is 2.25 bits per heavy atom. The highest BCUT2D eigenvalue weighted by molar-refractivity contribution is 5.80. The van der Waals surface area contributed by atoms with Gasteiger partial charge in [-0.2, -0.15) is 0 Å². The minimum atomic E-state index is -1.31. The van der Waals surface area contributed by atoms with Crippen molar-refractivity contribution in [2.45, 2.75) is 38.6 Å². The van der Waals surface area contributed by atoms with Crippen LogP contribution < -0.4 is 0 Å². The van der Waals surface area contributed by atoms with Crippen LogP contribution >= 0.6 is 0 Å². The Morgan fingerprint density at radius 1 is 1.75 bits per heavy atom. The predicted octanol–water partition coefficient (Wildman–Crippen LogP) is 1.87. The number of hydrogen-bond donors (Lipinski definition) is 1. The van der Waals surface area contributed by atoms with Gasteiger partial charge in [-0.25, -0.2) is 4.79 Å². The first-order valence-corrected chi connectivity index (χ1v) is 4.02. The van der Waals surface area contributed by atoms with Gasteiger partial charge in [0.2, 0.25) is 5.39 Å². The van der Waals surface area contributed by atoms with E-state index in [2.05, 4.69) is 4.98 Å². The molecule has 1 saturated carbocycles. The molecule has 0 heterocycles. The summed E-state index contributed by atoms with van der Waals surface area (Å²) < 4.78 is 0. The summed E-state index contributed by atoms with van der Waals surface area (Å²) >= 11 is 0. The van der Waals surface area contributed by atoms with Crippen molar-refractivity contribution in [2.24, 2.45) is 5.41 Å². The lowest BCUT2D eigenvalue weighted by molar-refractivity contribution is -0.141. The summed E-state index contributed by atoms with van der Waals surface area (Å²) in [6, 6.07) is 0. The third-order valence-electron chi connectivity index (χ3n) is 2.56. The van der Waals surface area contributed by atoms with Crippen molar-refractivity contribution in [3.8, 4) is 0 Å². The van der Waals surface area contributed by atoms with Crippen LogP contribution in [0.3, 0.4) is 0 Å². The van der Waals surface area contributed by atoms with Crippen LogP contribution in [0.25, 0.3) is 4.98 Å². The summed E-state index contributed by atoms with van der Waals surface area (Å²) in [4.78, 5) is 13.6. The number of rotatable bonds is 3. The van der Waals surface area contributed by atoms with Crippen LogP contribution in [-0.2, 0) is 4.79 Å². The Bertz CT molecular complexity index is 252. The minimum Gasteiger partial charge on any atom is -0.475 e. The van der Waals surface area contributed by atoms with Crippen LogP contribution in [0.15, 0.2) is 0 Å². The Kier molecular flexibility index (Phi) is 1.83. The zero-order valence-corrected chi connectivity index (χ0v) is 7.37. The first-order valence-electron chi connectivity index (χ1n) is 4.02. The Balaban J connectivity index is 2.69. The van der Waals surface area contributed by atoms with Crippen LogP contribution in [0.2, 0.25) is 0 Å². The number of carboxylic acid groups (broad SMARTS) is 1. The molecule has 0 saturated heterocycles. The predicted molar refractivity (Wildman–Crippen MR) is 43.1 cm³/mol. The number of aliphatic carboxylic acids is 1. The molecule has 0 aromatic rings. The van der Waals surface area contributed by atoms with E-state index < -0.39 is 11.5 Å². The molecule has 0 amide bonds. The van der Waals surface area contributed by atoms with Crippen molar-refractivity contribution in [1.82, 2.24) is 0 Å². The molecule has 1 aliphatic rings. The maximum absolute atomic E-state index is 10.7. The number of carboxylic acids is 1. The smallest absolute Gasteiger partial charge is 0.414 e. The molecule has 4 nitrogen and oxygen atoms in total. The second kappa shape index (κ2) is 2.44. The standard InChI is InChI=1S/C8H12N2O2/c1-7(3-4-7)5-8(2,10-9)6(11)12/h3-5H2,1-2H3/p+1. The molecule has 1 fully saturated rings. The summed E-state index contributed by atoms with van der Waals surface area (Å²) in [5.41, 5.74) is -1.23. The number of diazo groups is 1. The molecule has 0 spiro atoms. The first-order chi connectivity index (χ1) is 5.42. The summed E-state index contributed by atoms with van der Waals surface area (Å²) in [6.45, 7) is 3.46. The van der Waals surface area contributed by atoms with Gasteiger partial charge in [0.25, 0.3) is 0 Å². The van der Waals surface area contributed by atoms with E-state index in [-0.39, 0.29) is 5.41 Å². The quantitative estimate of drug-likeness (QED) is 0.656. The van der Waals surface area contributed by atoms with Crippen LogP contribution in [0.4, 0.5) is 0 Å². The normalized spacial score (nSPS) is 23.8. The van der Waals surface area contributed by atoms with E-state index in [4.69, 9.17) is 10.5 Å². The zero-order chi connectivity index (χ0) is 9.41. The highest BCUT2D eigenvalue weighted by Crippen LogP contribution is 2.51. The highest BCUT2D eigenvalue weighted by Gasteiger charge is 2.56. The number of hydrogen-bond acceptors (Lipinski definition) is 2. The first kappa shape index (κ1) is 8.98. The van der Waals surface area contributed by atoms with E-state index in [9.17, 15) is 4.79 Å². The summed E-state index contributed by atoms with van der Waals surface area (Å²) in [5, 5.41) is 17.4. The molecule has 1 aliphatic carbocycles. The monoisotopic (exact) mass is 169 g/mol. The fraction of sp³-hybridized carbons (Fsp3) is 0.875. The van der Waals surface area contributed by atoms with Crippen LogP contribution in [0.1, 0.15) is 33.1 Å². The topological polar surface area (TPSA) is 65.5 Å². The molecule has 1 atom stereocenters. The van der Waals surface area contributed by atoms with Gasteiger partial charge >= 0.3 is 11.5 Å². The van der Waals surface area contributed by atoms with Crippen LogP contribution in [0, 0.1) is 10.8 Å². The van der Waals surface area contributed by atoms with Gasteiger partial charge in [-0.15, -0.1) is 0 Å². The highest BCUT2D eigenvalue weighted by atomic mass is 16.4. The third kappa shape index (κ3) is 1.55. The van der Waals surface area contributed by atoms with Crippen molar-refractivity contribution in [3.05, 3.63) is 4.98 Å². The summed E-state index contributed by atoms with van der Waals surface area (Å²) in [5.74, 6) is -1.06. The van der Waals surface area contributed by atoms with Crippen molar-refractivity contribution in [3.63, 3.8) is 0 Å². The molecule has 4 heteroatoms. The molecule has 0 aliphatic heterocycles. The summed E-state index contributed by atoms with van der Waals surface area (Å²) in [6.07, 6.45) is 2.49. The van der Waals surface area contributed by atoms with Crippen molar-refractivity contribution in [2.75, 3.05) is 0 Å². The lowest BCUT2D eigenvalue weighted by Crippen LogP contribution is -2.33. The molecular formula is C8H13N2O2+. The number of carbonyl (C=O) groups is 1. The Labute approximate surface area is 71.2 Å². The SMILES string of the molecule is CC1(CC(C)([N+]#N)C(=O)O)CC1. The van der Waals surface area contributed by atoms with Gasteiger partial charge < -0.3 is 5.11 Å². The average molecular weight is 169 g/mol. The van der Waals surface area contributed by atoms with Gasteiger partial charge in [0, 0.05) is 6.92 Å². The van der Waals surface area contributed by atoms with Crippen molar-refractivity contribution < 1.29 is 9.90 Å². The molecule has 1 unspecified atom stereocenters. The Morgan fingerprint density at radius 3 is 2.50 bits per heavy atom. The van der Waals surface area contributed by atoms with E-state index in [0.29, 0.717) is 6.42 Å². The van der Waals surface area contributed by atoms with Gasteiger partial charge in [-0.3, -0.25) is 0 Å². The summed E-state index contributed by atoms with van der Waals surface area (Å²) in [7, 11) is 0. The second-order valence-electron chi connectivity index (χ2n) is 4.17. The molecule has 0 radical (unpaired) electrons. The van der Waals surface area contributed by atoms with E-state index in [0.717, 1.165) is 12.8 Å². The van der Waals surface area contributed by atoms with E-state index in [1.165, 1.54) is 6.92 Å². The average Bonchev–Trinajstić information content (AvgIpc) is 2.67. The van der Waals surface area contributed by atoms with Gasteiger partial charge in [-0.1, -0.05) is 6.92 Å².